The van der Waals surface area contributed by atoms with Gasteiger partial charge in [-0.05, 0) is 30.3 Å². The van der Waals surface area contributed by atoms with Gasteiger partial charge in [0.2, 0.25) is 0 Å². The number of fused-ring (bicyclic) bond motifs is 1. The minimum Gasteiger partial charge on any atom is -0.494 e. The van der Waals surface area contributed by atoms with Crippen molar-refractivity contribution >= 4 is 17.8 Å². The van der Waals surface area contributed by atoms with Crippen molar-refractivity contribution in [1.82, 2.24) is 0 Å². The molecule has 2 aromatic carbocycles. The van der Waals surface area contributed by atoms with Crippen LogP contribution in [0.3, 0.4) is 0 Å². The van der Waals surface area contributed by atoms with E-state index in [1.54, 1.807) is 12.1 Å². The molecular weight excluding hydrogens is 327 g/mol. The van der Waals surface area contributed by atoms with Crippen LogP contribution in [0.5, 0.6) is 11.5 Å². The molecular formula is C19H15FO5. The van der Waals surface area contributed by atoms with Crippen molar-refractivity contribution in [3.8, 4) is 11.5 Å². The normalized spacial score (nSPS) is 12.5. The monoisotopic (exact) mass is 342 g/mol. The van der Waals surface area contributed by atoms with E-state index in [9.17, 15) is 14.0 Å². The summed E-state index contributed by atoms with van der Waals surface area (Å²) < 4.78 is 28.9. The molecule has 1 heterocycles. The maximum absolute atomic E-state index is 13.6. The van der Waals surface area contributed by atoms with Gasteiger partial charge in [-0.1, -0.05) is 18.2 Å². The zero-order valence-corrected chi connectivity index (χ0v) is 13.5. The number of methoxy groups -OCH3 is 1. The number of rotatable bonds is 5. The van der Waals surface area contributed by atoms with Crippen LogP contribution in [-0.4, -0.2) is 32.1 Å². The van der Waals surface area contributed by atoms with Crippen LogP contribution in [0.25, 0.3) is 6.08 Å². The number of para-hydroxylation sites is 1. The molecule has 3 rings (SSSR count). The molecule has 1 aliphatic rings. The van der Waals surface area contributed by atoms with E-state index >= 15 is 0 Å². The molecule has 0 saturated carbocycles. The van der Waals surface area contributed by atoms with Crippen LogP contribution in [-0.2, 0) is 9.53 Å². The first-order valence-corrected chi connectivity index (χ1v) is 7.55. The molecule has 25 heavy (non-hydrogen) atoms. The summed E-state index contributed by atoms with van der Waals surface area (Å²) in [6.45, 7) is -0.412. The van der Waals surface area contributed by atoms with Crippen molar-refractivity contribution in [2.75, 3.05) is 20.3 Å². The number of carbonyl (C=O) groups is 2. The second kappa shape index (κ2) is 7.17. The van der Waals surface area contributed by atoms with Gasteiger partial charge in [-0.3, -0.25) is 4.79 Å². The molecule has 6 heteroatoms. The van der Waals surface area contributed by atoms with Gasteiger partial charge in [-0.2, -0.15) is 0 Å². The smallest absolute Gasteiger partial charge is 0.337 e. The first-order valence-electron chi connectivity index (χ1n) is 7.55. The highest BCUT2D eigenvalue weighted by atomic mass is 19.1. The van der Waals surface area contributed by atoms with Crippen molar-refractivity contribution in [3.63, 3.8) is 0 Å². The fourth-order valence-electron chi connectivity index (χ4n) is 2.38. The summed E-state index contributed by atoms with van der Waals surface area (Å²) in [6, 6.07) is 11.1. The highest BCUT2D eigenvalue weighted by Crippen LogP contribution is 2.26. The second-order valence-electron chi connectivity index (χ2n) is 5.34. The predicted octanol–water partition coefficient (Wildman–Crippen LogP) is 3.04. The molecule has 0 amide bonds. The second-order valence-corrected chi connectivity index (χ2v) is 5.34. The minimum atomic E-state index is -0.653. The Balaban J connectivity index is 1.64. The molecule has 0 aromatic heterocycles. The molecule has 2 aromatic rings. The summed E-state index contributed by atoms with van der Waals surface area (Å²) in [6.07, 6.45) is 1.67. The van der Waals surface area contributed by atoms with Crippen molar-refractivity contribution in [1.29, 1.82) is 0 Å². The van der Waals surface area contributed by atoms with Crippen LogP contribution < -0.4 is 9.47 Å². The van der Waals surface area contributed by atoms with Gasteiger partial charge in [0.05, 0.1) is 12.7 Å². The van der Waals surface area contributed by atoms with Gasteiger partial charge in [0.25, 0.3) is 0 Å². The summed E-state index contributed by atoms with van der Waals surface area (Å²) >= 11 is 0. The lowest BCUT2D eigenvalue weighted by molar-refractivity contribution is -0.138. The lowest BCUT2D eigenvalue weighted by Crippen LogP contribution is -2.20. The molecule has 0 unspecified atom stereocenters. The molecule has 0 aliphatic carbocycles. The molecule has 128 valence electrons. The number of hydrogen-bond donors (Lipinski definition) is 0. The zero-order chi connectivity index (χ0) is 17.8. The van der Waals surface area contributed by atoms with E-state index in [4.69, 9.17) is 14.2 Å². The molecule has 0 atom stereocenters. The summed E-state index contributed by atoms with van der Waals surface area (Å²) in [4.78, 5) is 24.1. The first-order chi connectivity index (χ1) is 12.1. The third-order valence-corrected chi connectivity index (χ3v) is 3.70. The zero-order valence-electron chi connectivity index (χ0n) is 13.5. The van der Waals surface area contributed by atoms with Gasteiger partial charge in [0.1, 0.15) is 12.4 Å². The Morgan fingerprint density at radius 3 is 2.76 bits per heavy atom. The number of hydrogen-bond acceptors (Lipinski definition) is 5. The topological polar surface area (TPSA) is 61.8 Å². The SMILES string of the molecule is COc1ccc(C(=O)COC(=O)C2=Cc3ccccc3OC2)cc1F. The van der Waals surface area contributed by atoms with E-state index in [2.05, 4.69) is 0 Å². The Labute approximate surface area is 143 Å². The van der Waals surface area contributed by atoms with Crippen molar-refractivity contribution in [3.05, 3.63) is 65.0 Å². The van der Waals surface area contributed by atoms with Crippen LogP contribution >= 0.6 is 0 Å². The molecule has 0 bridgehead atoms. The van der Waals surface area contributed by atoms with Gasteiger partial charge >= 0.3 is 5.97 Å². The summed E-state index contributed by atoms with van der Waals surface area (Å²) in [5.41, 5.74) is 1.18. The molecule has 0 spiro atoms. The standard InChI is InChI=1S/C19H15FO5/c1-23-18-7-6-12(9-15(18)20)16(21)11-25-19(22)14-8-13-4-2-3-5-17(13)24-10-14/h2-9H,10-11H2,1H3. The lowest BCUT2D eigenvalue weighted by Gasteiger charge is -2.16. The molecule has 1 aliphatic heterocycles. The number of Topliss-reactive ketones (excluding diaryl/α,β-unsaturated/α-hetero) is 1. The fraction of sp³-hybridized carbons (Fsp3) is 0.158. The van der Waals surface area contributed by atoms with Crippen LogP contribution in [0, 0.1) is 5.82 Å². The average molecular weight is 342 g/mol. The van der Waals surface area contributed by atoms with E-state index < -0.39 is 24.2 Å². The van der Waals surface area contributed by atoms with Gasteiger partial charge < -0.3 is 14.2 Å². The number of ketones is 1. The van der Waals surface area contributed by atoms with E-state index in [1.807, 2.05) is 18.2 Å². The molecule has 0 saturated heterocycles. The predicted molar refractivity (Wildman–Crippen MR) is 88.2 cm³/mol. The van der Waals surface area contributed by atoms with Gasteiger partial charge in [-0.15, -0.1) is 0 Å². The minimum absolute atomic E-state index is 0.0386. The lowest BCUT2D eigenvalue weighted by atomic mass is 10.1. The number of carbonyl (C=O) groups excluding carboxylic acids is 2. The Bertz CT molecular complexity index is 857. The summed E-state index contributed by atoms with van der Waals surface area (Å²) in [5, 5.41) is 0. The van der Waals surface area contributed by atoms with Crippen LogP contribution in [0.4, 0.5) is 4.39 Å². The summed E-state index contributed by atoms with van der Waals surface area (Å²) in [7, 11) is 1.33. The molecule has 5 nitrogen and oxygen atoms in total. The Morgan fingerprint density at radius 2 is 2.00 bits per heavy atom. The van der Waals surface area contributed by atoms with E-state index in [-0.39, 0.29) is 17.9 Å². The van der Waals surface area contributed by atoms with Gasteiger partial charge in [0.15, 0.2) is 24.0 Å². The van der Waals surface area contributed by atoms with E-state index in [0.29, 0.717) is 11.3 Å². The number of halogens is 1. The highest BCUT2D eigenvalue weighted by Gasteiger charge is 2.19. The van der Waals surface area contributed by atoms with Crippen LogP contribution in [0.1, 0.15) is 15.9 Å². The number of esters is 1. The van der Waals surface area contributed by atoms with Crippen molar-refractivity contribution < 1.29 is 28.2 Å². The Morgan fingerprint density at radius 1 is 1.20 bits per heavy atom. The van der Waals surface area contributed by atoms with Gasteiger partial charge in [0, 0.05) is 11.1 Å². The maximum Gasteiger partial charge on any atom is 0.337 e. The highest BCUT2D eigenvalue weighted by molar-refractivity contribution is 6.00. The quantitative estimate of drug-likeness (QED) is 0.617. The first kappa shape index (κ1) is 16.7. The van der Waals surface area contributed by atoms with Gasteiger partial charge in [-0.25, -0.2) is 9.18 Å². The third-order valence-electron chi connectivity index (χ3n) is 3.70. The van der Waals surface area contributed by atoms with E-state index in [1.165, 1.54) is 19.2 Å². The van der Waals surface area contributed by atoms with Crippen molar-refractivity contribution in [2.24, 2.45) is 0 Å². The average Bonchev–Trinajstić information content (AvgIpc) is 2.65. The number of benzene rings is 2. The summed E-state index contributed by atoms with van der Waals surface area (Å²) in [5.74, 6) is -1.08. The van der Waals surface area contributed by atoms with E-state index in [0.717, 1.165) is 11.6 Å². The molecule has 0 radical (unpaired) electrons. The largest absolute Gasteiger partial charge is 0.494 e. The molecule has 0 fully saturated rings. The van der Waals surface area contributed by atoms with Crippen LogP contribution in [0.2, 0.25) is 0 Å². The number of ether oxygens (including phenoxy) is 3. The third kappa shape index (κ3) is 3.68. The molecule has 0 N–H and O–H groups in total. The Hall–Kier alpha value is -3.15. The Kier molecular flexibility index (Phi) is 4.79. The maximum atomic E-state index is 13.6. The van der Waals surface area contributed by atoms with Crippen LogP contribution in [0.15, 0.2) is 48.0 Å². The fourth-order valence-corrected chi connectivity index (χ4v) is 2.38. The van der Waals surface area contributed by atoms with Crippen molar-refractivity contribution in [2.45, 2.75) is 0 Å².